The standard InChI is InChI=1S/C24H31N3O2/c1-18-15-20(26-24(28)17-29-22-8-4-3-5-9-22)10-11-23(18)27(14-6-7-19(27)2)21-12-13-25-16-21/h3-5,8-11,15,19,21,25H,6-7,12-14,16-17H2,1-2H3/p+1. The van der Waals surface area contributed by atoms with Crippen molar-refractivity contribution in [2.45, 2.75) is 45.2 Å². The van der Waals surface area contributed by atoms with Gasteiger partial charge < -0.3 is 15.4 Å². The summed E-state index contributed by atoms with van der Waals surface area (Å²) in [7, 11) is 0. The molecule has 0 bridgehead atoms. The number of aryl methyl sites for hydroxylation is 1. The number of anilines is 1. The van der Waals surface area contributed by atoms with Crippen molar-refractivity contribution in [3.05, 3.63) is 54.1 Å². The SMILES string of the molecule is Cc1cc(NC(=O)COc2ccccc2)ccc1[N+]1(C2CCNC2)CCCC1C. The van der Waals surface area contributed by atoms with Gasteiger partial charge in [0.2, 0.25) is 0 Å². The summed E-state index contributed by atoms with van der Waals surface area (Å²) in [5.74, 6) is 0.563. The summed E-state index contributed by atoms with van der Waals surface area (Å²) in [4.78, 5) is 12.3. The highest BCUT2D eigenvalue weighted by Crippen LogP contribution is 2.41. The maximum atomic E-state index is 12.3. The Morgan fingerprint density at radius 1 is 1.21 bits per heavy atom. The third-order valence-corrected chi connectivity index (χ3v) is 6.66. The van der Waals surface area contributed by atoms with Crippen molar-refractivity contribution >= 4 is 17.3 Å². The molecule has 0 radical (unpaired) electrons. The van der Waals surface area contributed by atoms with E-state index in [4.69, 9.17) is 4.74 Å². The van der Waals surface area contributed by atoms with Gasteiger partial charge in [-0.1, -0.05) is 18.2 Å². The van der Waals surface area contributed by atoms with Gasteiger partial charge in [-0.25, -0.2) is 0 Å². The van der Waals surface area contributed by atoms with E-state index >= 15 is 0 Å². The fourth-order valence-corrected chi connectivity index (χ4v) is 5.29. The van der Waals surface area contributed by atoms with Crippen LogP contribution in [0, 0.1) is 6.92 Å². The van der Waals surface area contributed by atoms with Crippen LogP contribution in [-0.2, 0) is 4.79 Å². The first-order chi connectivity index (χ1) is 14.1. The molecule has 29 heavy (non-hydrogen) atoms. The number of para-hydroxylation sites is 1. The first-order valence-electron chi connectivity index (χ1n) is 10.8. The lowest BCUT2D eigenvalue weighted by Crippen LogP contribution is -2.60. The molecule has 3 unspecified atom stereocenters. The Bertz CT molecular complexity index is 848. The second-order valence-electron chi connectivity index (χ2n) is 8.44. The molecule has 5 nitrogen and oxygen atoms in total. The van der Waals surface area contributed by atoms with Gasteiger partial charge in [0, 0.05) is 49.7 Å². The summed E-state index contributed by atoms with van der Waals surface area (Å²) in [5, 5.41) is 6.54. The normalized spacial score (nSPS) is 26.4. The Labute approximate surface area is 173 Å². The number of carbonyl (C=O) groups excluding carboxylic acids is 1. The maximum absolute atomic E-state index is 12.3. The summed E-state index contributed by atoms with van der Waals surface area (Å²) in [6.07, 6.45) is 3.80. The topological polar surface area (TPSA) is 50.4 Å². The van der Waals surface area contributed by atoms with Crippen molar-refractivity contribution in [1.82, 2.24) is 9.80 Å². The van der Waals surface area contributed by atoms with Gasteiger partial charge in [0.05, 0.1) is 12.6 Å². The molecule has 0 aromatic heterocycles. The smallest absolute Gasteiger partial charge is 0.262 e. The first kappa shape index (κ1) is 19.9. The van der Waals surface area contributed by atoms with Crippen molar-refractivity contribution in [3.8, 4) is 5.75 Å². The molecule has 5 heteroatoms. The fraction of sp³-hybridized carbons (Fsp3) is 0.458. The molecule has 2 aromatic carbocycles. The number of hydrogen-bond acceptors (Lipinski definition) is 3. The summed E-state index contributed by atoms with van der Waals surface area (Å²) in [6.45, 7) is 8.02. The van der Waals surface area contributed by atoms with Crippen molar-refractivity contribution in [1.29, 1.82) is 0 Å². The molecule has 4 rings (SSSR count). The minimum atomic E-state index is -0.139. The minimum absolute atomic E-state index is 0.00951. The fourth-order valence-electron chi connectivity index (χ4n) is 5.29. The van der Waals surface area contributed by atoms with E-state index in [1.807, 2.05) is 30.3 Å². The Kier molecular flexibility index (Phi) is 5.88. The average Bonchev–Trinajstić information content (AvgIpc) is 3.38. The predicted molar refractivity (Wildman–Crippen MR) is 118 cm³/mol. The van der Waals surface area contributed by atoms with Crippen LogP contribution in [0.25, 0.3) is 0 Å². The summed E-state index contributed by atoms with van der Waals surface area (Å²) in [5.41, 5.74) is 3.51. The van der Waals surface area contributed by atoms with Crippen molar-refractivity contribution in [2.75, 3.05) is 31.6 Å². The van der Waals surface area contributed by atoms with Gasteiger partial charge >= 0.3 is 0 Å². The van der Waals surface area contributed by atoms with Crippen molar-refractivity contribution in [3.63, 3.8) is 0 Å². The molecule has 2 aliphatic rings. The van der Waals surface area contributed by atoms with Crippen LogP contribution in [-0.4, -0.2) is 44.2 Å². The number of nitrogens with zero attached hydrogens (tertiary/aromatic N) is 1. The second-order valence-corrected chi connectivity index (χ2v) is 8.44. The van der Waals surface area contributed by atoms with Crippen molar-refractivity contribution in [2.24, 2.45) is 0 Å². The van der Waals surface area contributed by atoms with E-state index in [0.29, 0.717) is 17.8 Å². The van der Waals surface area contributed by atoms with Gasteiger partial charge in [-0.3, -0.25) is 9.28 Å². The predicted octanol–water partition coefficient (Wildman–Crippen LogP) is 3.86. The van der Waals surface area contributed by atoms with E-state index in [1.54, 1.807) is 0 Å². The van der Waals surface area contributed by atoms with E-state index in [2.05, 4.69) is 42.7 Å². The number of benzene rings is 2. The highest BCUT2D eigenvalue weighted by molar-refractivity contribution is 5.92. The molecule has 2 heterocycles. The molecule has 0 spiro atoms. The Hall–Kier alpha value is -2.37. The molecule has 2 aliphatic heterocycles. The van der Waals surface area contributed by atoms with Crippen LogP contribution in [0.3, 0.4) is 0 Å². The second kappa shape index (κ2) is 8.56. The van der Waals surface area contributed by atoms with Crippen LogP contribution in [0.2, 0.25) is 0 Å². The Balaban J connectivity index is 1.48. The Morgan fingerprint density at radius 2 is 2.03 bits per heavy atom. The zero-order valence-electron chi connectivity index (χ0n) is 17.5. The number of carbonyl (C=O) groups is 1. The molecular formula is C24H32N3O2+. The van der Waals surface area contributed by atoms with Crippen LogP contribution in [0.15, 0.2) is 48.5 Å². The number of amides is 1. The van der Waals surface area contributed by atoms with E-state index < -0.39 is 0 Å². The third-order valence-electron chi connectivity index (χ3n) is 6.66. The summed E-state index contributed by atoms with van der Waals surface area (Å²) < 4.78 is 6.64. The maximum Gasteiger partial charge on any atom is 0.262 e. The lowest BCUT2D eigenvalue weighted by Gasteiger charge is -2.44. The highest BCUT2D eigenvalue weighted by atomic mass is 16.5. The van der Waals surface area contributed by atoms with E-state index in [1.165, 1.54) is 37.1 Å². The molecular weight excluding hydrogens is 362 g/mol. The number of rotatable bonds is 6. The molecule has 2 N–H and O–H groups in total. The molecule has 2 fully saturated rings. The van der Waals surface area contributed by atoms with Crippen LogP contribution in [0.1, 0.15) is 31.7 Å². The minimum Gasteiger partial charge on any atom is -0.484 e. The van der Waals surface area contributed by atoms with Crippen LogP contribution < -0.4 is 19.9 Å². The van der Waals surface area contributed by atoms with Crippen LogP contribution in [0.5, 0.6) is 5.75 Å². The van der Waals surface area contributed by atoms with Gasteiger partial charge in [-0.2, -0.15) is 0 Å². The Morgan fingerprint density at radius 3 is 2.69 bits per heavy atom. The van der Waals surface area contributed by atoms with E-state index in [-0.39, 0.29) is 12.5 Å². The van der Waals surface area contributed by atoms with Gasteiger partial charge in [0.1, 0.15) is 17.5 Å². The molecule has 3 atom stereocenters. The number of nitrogens with one attached hydrogen (secondary N) is 2. The van der Waals surface area contributed by atoms with Gasteiger partial charge in [0.15, 0.2) is 6.61 Å². The summed E-state index contributed by atoms with van der Waals surface area (Å²) >= 11 is 0. The largest absolute Gasteiger partial charge is 0.484 e. The van der Waals surface area contributed by atoms with Gasteiger partial charge in [-0.05, 0) is 38.1 Å². The van der Waals surface area contributed by atoms with Gasteiger partial charge in [-0.15, -0.1) is 0 Å². The lowest BCUT2D eigenvalue weighted by molar-refractivity contribution is -0.118. The van der Waals surface area contributed by atoms with E-state index in [0.717, 1.165) is 23.3 Å². The molecule has 0 saturated carbocycles. The van der Waals surface area contributed by atoms with Crippen LogP contribution >= 0.6 is 0 Å². The molecule has 2 aromatic rings. The molecule has 2 saturated heterocycles. The lowest BCUT2D eigenvalue weighted by atomic mass is 10.0. The zero-order valence-corrected chi connectivity index (χ0v) is 17.5. The number of likely N-dealkylation sites (tertiary alicyclic amines) is 1. The first-order valence-corrected chi connectivity index (χ1v) is 10.8. The summed E-state index contributed by atoms with van der Waals surface area (Å²) in [6, 6.07) is 17.1. The van der Waals surface area contributed by atoms with Crippen molar-refractivity contribution < 1.29 is 9.53 Å². The van der Waals surface area contributed by atoms with E-state index in [9.17, 15) is 4.79 Å². The highest BCUT2D eigenvalue weighted by Gasteiger charge is 2.48. The molecule has 0 aliphatic carbocycles. The average molecular weight is 395 g/mol. The molecule has 1 amide bonds. The quantitative estimate of drug-likeness (QED) is 0.732. The monoisotopic (exact) mass is 394 g/mol. The van der Waals surface area contributed by atoms with Gasteiger partial charge in [0.25, 0.3) is 5.91 Å². The third kappa shape index (κ3) is 4.02. The zero-order chi connectivity index (χ0) is 20.3. The molecule has 154 valence electrons. The number of hydrogen-bond donors (Lipinski definition) is 2. The number of ether oxygens (including phenoxy) is 1. The van der Waals surface area contributed by atoms with Crippen LogP contribution in [0.4, 0.5) is 11.4 Å². The number of quaternary nitrogens is 1.